The molecule has 0 N–H and O–H groups in total. The average Bonchev–Trinajstić information content (AvgIpc) is 2.56. The number of hydrogen-bond donors (Lipinski definition) is 0. The van der Waals surface area contributed by atoms with Crippen LogP contribution < -0.4 is 4.74 Å². The van der Waals surface area contributed by atoms with E-state index >= 15 is 0 Å². The molecule has 0 fully saturated rings. The summed E-state index contributed by atoms with van der Waals surface area (Å²) < 4.78 is 18.8. The molecule has 0 aromatic heterocycles. The summed E-state index contributed by atoms with van der Waals surface area (Å²) in [6.45, 7) is 4.56. The van der Waals surface area contributed by atoms with Gasteiger partial charge in [0.2, 0.25) is 0 Å². The molecule has 0 saturated heterocycles. The normalized spacial score (nSPS) is 16.8. The van der Waals surface area contributed by atoms with Crippen molar-refractivity contribution in [3.8, 4) is 16.9 Å². The summed E-state index contributed by atoms with van der Waals surface area (Å²) in [5, 5.41) is 0. The van der Waals surface area contributed by atoms with Crippen LogP contribution in [0, 0.1) is 11.2 Å². The maximum absolute atomic E-state index is 13.0. The van der Waals surface area contributed by atoms with Crippen molar-refractivity contribution >= 4 is 5.78 Å². The third-order valence-electron chi connectivity index (χ3n) is 3.72. The van der Waals surface area contributed by atoms with Gasteiger partial charge in [-0.1, -0.05) is 32.0 Å². The molecule has 2 nitrogen and oxygen atoms in total. The molecule has 21 heavy (non-hydrogen) atoms. The number of Topliss-reactive ketones (excluding diaryl/α,β-unsaturated/α-hetero) is 1. The Morgan fingerprint density at radius 1 is 1.05 bits per heavy atom. The highest BCUT2D eigenvalue weighted by molar-refractivity contribution is 6.00. The number of rotatable bonds is 1. The van der Waals surface area contributed by atoms with E-state index in [-0.39, 0.29) is 17.0 Å². The highest BCUT2D eigenvalue weighted by atomic mass is 19.1. The summed E-state index contributed by atoms with van der Waals surface area (Å²) >= 11 is 0. The first kappa shape index (κ1) is 13.8. The number of carbonyl (C=O) groups is 1. The molecule has 2 aromatic carbocycles. The van der Waals surface area contributed by atoms with Gasteiger partial charge in [-0.25, -0.2) is 4.39 Å². The van der Waals surface area contributed by atoms with Crippen molar-refractivity contribution in [2.75, 3.05) is 6.61 Å². The van der Waals surface area contributed by atoms with Crippen LogP contribution in [0.25, 0.3) is 11.1 Å². The van der Waals surface area contributed by atoms with Gasteiger partial charge in [-0.15, -0.1) is 0 Å². The highest BCUT2D eigenvalue weighted by Crippen LogP contribution is 2.35. The Balaban J connectivity index is 2.01. The smallest absolute Gasteiger partial charge is 0.167 e. The van der Waals surface area contributed by atoms with E-state index < -0.39 is 0 Å². The van der Waals surface area contributed by atoms with Gasteiger partial charge < -0.3 is 4.74 Å². The van der Waals surface area contributed by atoms with E-state index in [9.17, 15) is 9.18 Å². The largest absolute Gasteiger partial charge is 0.492 e. The first-order valence-electron chi connectivity index (χ1n) is 7.01. The lowest BCUT2D eigenvalue weighted by atomic mass is 9.87. The fraction of sp³-hybridized carbons (Fsp3) is 0.278. The average molecular weight is 284 g/mol. The maximum Gasteiger partial charge on any atom is 0.167 e. The summed E-state index contributed by atoms with van der Waals surface area (Å²) in [7, 11) is 0. The standard InChI is InChI=1S/C18H17FO2/c1-18(2)10-16(20)15-8-5-13(9-17(15)21-11-18)12-3-6-14(19)7-4-12/h3-9H,10-11H2,1-2H3. The molecule has 0 spiro atoms. The fourth-order valence-corrected chi connectivity index (χ4v) is 2.55. The number of hydrogen-bond acceptors (Lipinski definition) is 2. The van der Waals surface area contributed by atoms with Crippen molar-refractivity contribution in [3.63, 3.8) is 0 Å². The van der Waals surface area contributed by atoms with E-state index in [4.69, 9.17) is 4.74 Å². The molecule has 1 heterocycles. The van der Waals surface area contributed by atoms with Gasteiger partial charge in [-0.3, -0.25) is 4.79 Å². The van der Waals surface area contributed by atoms with Gasteiger partial charge in [0.15, 0.2) is 5.78 Å². The monoisotopic (exact) mass is 284 g/mol. The van der Waals surface area contributed by atoms with Crippen LogP contribution in [-0.2, 0) is 0 Å². The number of ketones is 1. The molecule has 1 aliphatic heterocycles. The molecule has 1 aliphatic rings. The Morgan fingerprint density at radius 3 is 2.43 bits per heavy atom. The quantitative estimate of drug-likeness (QED) is 0.771. The number of benzene rings is 2. The third-order valence-corrected chi connectivity index (χ3v) is 3.72. The van der Waals surface area contributed by atoms with Crippen molar-refractivity contribution < 1.29 is 13.9 Å². The predicted molar refractivity (Wildman–Crippen MR) is 80.1 cm³/mol. The van der Waals surface area contributed by atoms with Crippen molar-refractivity contribution in [2.24, 2.45) is 5.41 Å². The van der Waals surface area contributed by atoms with Gasteiger partial charge >= 0.3 is 0 Å². The van der Waals surface area contributed by atoms with E-state index in [1.807, 2.05) is 26.0 Å². The van der Waals surface area contributed by atoms with E-state index in [0.717, 1.165) is 11.1 Å². The lowest BCUT2D eigenvalue weighted by Crippen LogP contribution is -2.21. The molecular formula is C18H17FO2. The Labute approximate surface area is 123 Å². The molecule has 3 heteroatoms. The SMILES string of the molecule is CC1(C)COc2cc(-c3ccc(F)cc3)ccc2C(=O)C1. The Hall–Kier alpha value is -2.16. The molecule has 0 amide bonds. The molecule has 3 rings (SSSR count). The summed E-state index contributed by atoms with van der Waals surface area (Å²) in [4.78, 5) is 12.3. The highest BCUT2D eigenvalue weighted by Gasteiger charge is 2.29. The molecule has 0 bridgehead atoms. The van der Waals surface area contributed by atoms with Crippen LogP contribution in [0.5, 0.6) is 5.75 Å². The lowest BCUT2D eigenvalue weighted by Gasteiger charge is -2.20. The Bertz CT molecular complexity index is 687. The Kier molecular flexibility index (Phi) is 3.28. The zero-order valence-corrected chi connectivity index (χ0v) is 12.2. The maximum atomic E-state index is 13.0. The second kappa shape index (κ2) is 4.99. The minimum atomic E-state index is -0.262. The van der Waals surface area contributed by atoms with Gasteiger partial charge in [0, 0.05) is 11.8 Å². The fourth-order valence-electron chi connectivity index (χ4n) is 2.55. The van der Waals surface area contributed by atoms with Crippen molar-refractivity contribution in [1.82, 2.24) is 0 Å². The van der Waals surface area contributed by atoms with Gasteiger partial charge in [-0.2, -0.15) is 0 Å². The molecule has 2 aromatic rings. The topological polar surface area (TPSA) is 26.3 Å². The van der Waals surface area contributed by atoms with Crippen molar-refractivity contribution in [1.29, 1.82) is 0 Å². The zero-order chi connectivity index (χ0) is 15.0. The van der Waals surface area contributed by atoms with Crippen LogP contribution in [0.3, 0.4) is 0 Å². The summed E-state index contributed by atoms with van der Waals surface area (Å²) in [6.07, 6.45) is 0.482. The zero-order valence-electron chi connectivity index (χ0n) is 12.2. The van der Waals surface area contributed by atoms with E-state index in [2.05, 4.69) is 0 Å². The van der Waals surface area contributed by atoms with Crippen LogP contribution in [0.1, 0.15) is 30.6 Å². The predicted octanol–water partition coefficient (Wildman–Crippen LogP) is 4.48. The molecule has 0 unspecified atom stereocenters. The number of carbonyl (C=O) groups excluding carboxylic acids is 1. The molecule has 0 atom stereocenters. The van der Waals surface area contributed by atoms with Crippen LogP contribution in [-0.4, -0.2) is 12.4 Å². The van der Waals surface area contributed by atoms with Gasteiger partial charge in [-0.05, 0) is 35.4 Å². The minimum absolute atomic E-state index is 0.109. The Morgan fingerprint density at radius 2 is 1.71 bits per heavy atom. The molecule has 108 valence electrons. The second-order valence-corrected chi connectivity index (χ2v) is 6.27. The molecule has 0 aliphatic carbocycles. The summed E-state index contributed by atoms with van der Waals surface area (Å²) in [6, 6.07) is 11.8. The minimum Gasteiger partial charge on any atom is -0.492 e. The summed E-state index contributed by atoms with van der Waals surface area (Å²) in [5.41, 5.74) is 2.29. The van der Waals surface area contributed by atoms with Crippen LogP contribution >= 0.6 is 0 Å². The molecule has 0 radical (unpaired) electrons. The lowest BCUT2D eigenvalue weighted by molar-refractivity contribution is 0.0918. The van der Waals surface area contributed by atoms with Crippen LogP contribution in [0.2, 0.25) is 0 Å². The van der Waals surface area contributed by atoms with Gasteiger partial charge in [0.1, 0.15) is 11.6 Å². The van der Waals surface area contributed by atoms with Crippen LogP contribution in [0.4, 0.5) is 4.39 Å². The van der Waals surface area contributed by atoms with E-state index in [0.29, 0.717) is 24.3 Å². The van der Waals surface area contributed by atoms with Crippen molar-refractivity contribution in [2.45, 2.75) is 20.3 Å². The number of halogens is 1. The first-order valence-corrected chi connectivity index (χ1v) is 7.01. The molecular weight excluding hydrogens is 267 g/mol. The number of fused-ring (bicyclic) bond motifs is 1. The van der Waals surface area contributed by atoms with E-state index in [1.54, 1.807) is 18.2 Å². The van der Waals surface area contributed by atoms with Gasteiger partial charge in [0.25, 0.3) is 0 Å². The van der Waals surface area contributed by atoms with E-state index in [1.165, 1.54) is 12.1 Å². The third kappa shape index (κ3) is 2.82. The van der Waals surface area contributed by atoms with Crippen molar-refractivity contribution in [3.05, 3.63) is 53.8 Å². The second-order valence-electron chi connectivity index (χ2n) is 6.27. The van der Waals surface area contributed by atoms with Crippen LogP contribution in [0.15, 0.2) is 42.5 Å². The molecule has 0 saturated carbocycles. The first-order chi connectivity index (χ1) is 9.94. The summed E-state index contributed by atoms with van der Waals surface area (Å²) in [5.74, 6) is 0.465. The number of ether oxygens (including phenoxy) is 1. The van der Waals surface area contributed by atoms with Gasteiger partial charge in [0.05, 0.1) is 12.2 Å².